The molecule has 110 valence electrons. The highest BCUT2D eigenvalue weighted by molar-refractivity contribution is 6.30. The average molecular weight is 314 g/mol. The van der Waals surface area contributed by atoms with Gasteiger partial charge in [0.25, 0.3) is 0 Å². The minimum absolute atomic E-state index is 0.160. The number of carboxylic acid groups (broad SMARTS) is 1. The molecular weight excluding hydrogens is 302 g/mol. The van der Waals surface area contributed by atoms with Crippen LogP contribution in [0.5, 0.6) is 0 Å². The van der Waals surface area contributed by atoms with Crippen LogP contribution in [0.2, 0.25) is 5.02 Å². The Labute approximate surface area is 131 Å². The number of benzene rings is 1. The van der Waals surface area contributed by atoms with Crippen molar-refractivity contribution in [2.45, 2.75) is 18.3 Å². The number of pyridine rings is 1. The van der Waals surface area contributed by atoms with Crippen molar-refractivity contribution in [2.75, 3.05) is 0 Å². The molecule has 4 rings (SSSR count). The molecule has 0 spiro atoms. The Morgan fingerprint density at radius 1 is 1.18 bits per heavy atom. The van der Waals surface area contributed by atoms with Gasteiger partial charge in [0, 0.05) is 11.2 Å². The number of halogens is 1. The van der Waals surface area contributed by atoms with Gasteiger partial charge in [0.1, 0.15) is 11.4 Å². The van der Waals surface area contributed by atoms with E-state index in [1.807, 2.05) is 30.5 Å². The summed E-state index contributed by atoms with van der Waals surface area (Å²) in [5, 5.41) is 18.3. The predicted octanol–water partition coefficient (Wildman–Crippen LogP) is 3.16. The van der Waals surface area contributed by atoms with Crippen LogP contribution in [0.4, 0.5) is 0 Å². The third-order valence-electron chi connectivity index (χ3n) is 4.24. The van der Waals surface area contributed by atoms with E-state index in [1.165, 1.54) is 6.07 Å². The molecule has 0 atom stereocenters. The van der Waals surface area contributed by atoms with Gasteiger partial charge in [-0.15, -0.1) is 10.2 Å². The third kappa shape index (κ3) is 1.82. The number of aromatic nitrogens is 3. The molecule has 6 heteroatoms. The molecule has 0 radical (unpaired) electrons. The molecule has 1 aromatic carbocycles. The lowest BCUT2D eigenvalue weighted by Gasteiger charge is -2.14. The zero-order valence-electron chi connectivity index (χ0n) is 11.5. The molecule has 0 bridgehead atoms. The maximum atomic E-state index is 11.3. The van der Waals surface area contributed by atoms with Crippen molar-refractivity contribution >= 4 is 23.2 Å². The Hall–Kier alpha value is -2.40. The normalized spacial score (nSPS) is 15.9. The summed E-state index contributed by atoms with van der Waals surface area (Å²) in [5.74, 6) is -0.214. The van der Waals surface area contributed by atoms with E-state index in [2.05, 4.69) is 10.2 Å². The first-order chi connectivity index (χ1) is 10.6. The number of aromatic carboxylic acids is 1. The summed E-state index contributed by atoms with van der Waals surface area (Å²) >= 11 is 5.96. The number of nitrogens with zero attached hydrogens (tertiary/aromatic N) is 3. The molecule has 1 saturated carbocycles. The smallest absolute Gasteiger partial charge is 0.339 e. The number of fused-ring (bicyclic) bond motifs is 1. The summed E-state index contributed by atoms with van der Waals surface area (Å²) in [7, 11) is 0. The van der Waals surface area contributed by atoms with Crippen LogP contribution in [0, 0.1) is 0 Å². The van der Waals surface area contributed by atoms with E-state index in [4.69, 9.17) is 11.6 Å². The van der Waals surface area contributed by atoms with Gasteiger partial charge in [-0.05, 0) is 42.7 Å². The largest absolute Gasteiger partial charge is 0.478 e. The first-order valence-electron chi connectivity index (χ1n) is 6.95. The molecule has 0 saturated heterocycles. The summed E-state index contributed by atoms with van der Waals surface area (Å²) in [5.41, 5.74) is 1.48. The van der Waals surface area contributed by atoms with Crippen LogP contribution in [0.25, 0.3) is 5.65 Å². The molecular formula is C16H12ClN3O2. The van der Waals surface area contributed by atoms with Gasteiger partial charge in [-0.3, -0.25) is 4.40 Å². The summed E-state index contributed by atoms with van der Waals surface area (Å²) < 4.78 is 1.78. The van der Waals surface area contributed by atoms with Gasteiger partial charge >= 0.3 is 5.97 Å². The molecule has 1 aliphatic rings. The zero-order chi connectivity index (χ0) is 15.3. The topological polar surface area (TPSA) is 67.5 Å². The van der Waals surface area contributed by atoms with E-state index in [-0.39, 0.29) is 11.0 Å². The SMILES string of the molecule is O=C(O)c1cccn2c(C3(c4ccc(Cl)cc4)CC3)nnc12. The molecule has 0 unspecified atom stereocenters. The molecule has 0 aliphatic heterocycles. The Balaban J connectivity index is 1.90. The van der Waals surface area contributed by atoms with Crippen molar-refractivity contribution in [1.82, 2.24) is 14.6 Å². The number of carbonyl (C=O) groups is 1. The van der Waals surface area contributed by atoms with Crippen LogP contribution in [-0.2, 0) is 5.41 Å². The summed E-state index contributed by atoms with van der Waals surface area (Å²) in [6.07, 6.45) is 3.74. The Morgan fingerprint density at radius 3 is 2.55 bits per heavy atom. The summed E-state index contributed by atoms with van der Waals surface area (Å²) in [6, 6.07) is 11.0. The van der Waals surface area contributed by atoms with Crippen molar-refractivity contribution in [3.8, 4) is 0 Å². The second kappa shape index (κ2) is 4.55. The van der Waals surface area contributed by atoms with E-state index in [0.29, 0.717) is 10.7 Å². The van der Waals surface area contributed by atoms with Gasteiger partial charge in [-0.1, -0.05) is 23.7 Å². The van der Waals surface area contributed by atoms with Crippen molar-refractivity contribution < 1.29 is 9.90 Å². The first kappa shape index (κ1) is 13.3. The lowest BCUT2D eigenvalue weighted by atomic mass is 9.95. The number of hydrogen-bond donors (Lipinski definition) is 1. The van der Waals surface area contributed by atoms with Crippen molar-refractivity contribution in [3.63, 3.8) is 0 Å². The van der Waals surface area contributed by atoms with Crippen LogP contribution in [-0.4, -0.2) is 25.7 Å². The third-order valence-corrected chi connectivity index (χ3v) is 4.49. The Morgan fingerprint density at radius 2 is 1.91 bits per heavy atom. The zero-order valence-corrected chi connectivity index (χ0v) is 12.3. The number of carboxylic acids is 1. The monoisotopic (exact) mass is 313 g/mol. The Bertz CT molecular complexity index is 882. The quantitative estimate of drug-likeness (QED) is 0.806. The summed E-state index contributed by atoms with van der Waals surface area (Å²) in [6.45, 7) is 0. The second-order valence-corrected chi connectivity index (χ2v) is 5.97. The number of hydrogen-bond acceptors (Lipinski definition) is 3. The standard InChI is InChI=1S/C16H12ClN3O2/c17-11-5-3-10(4-6-11)16(7-8-16)15-19-18-13-12(14(21)22)2-1-9-20(13)15/h1-6,9H,7-8H2,(H,21,22). The van der Waals surface area contributed by atoms with E-state index in [0.717, 1.165) is 24.2 Å². The lowest BCUT2D eigenvalue weighted by molar-refractivity contribution is 0.0698. The molecule has 1 aliphatic carbocycles. The maximum Gasteiger partial charge on any atom is 0.339 e. The molecule has 1 fully saturated rings. The molecule has 3 aromatic rings. The van der Waals surface area contributed by atoms with Gasteiger partial charge in [-0.2, -0.15) is 0 Å². The maximum absolute atomic E-state index is 11.3. The van der Waals surface area contributed by atoms with Gasteiger partial charge in [0.2, 0.25) is 0 Å². The van der Waals surface area contributed by atoms with Gasteiger partial charge in [-0.25, -0.2) is 4.79 Å². The minimum atomic E-state index is -0.999. The van der Waals surface area contributed by atoms with E-state index in [9.17, 15) is 9.90 Å². The van der Waals surface area contributed by atoms with Crippen molar-refractivity contribution in [1.29, 1.82) is 0 Å². The fourth-order valence-corrected chi connectivity index (χ4v) is 3.07. The van der Waals surface area contributed by atoms with Crippen LogP contribution < -0.4 is 0 Å². The highest BCUT2D eigenvalue weighted by atomic mass is 35.5. The van der Waals surface area contributed by atoms with E-state index < -0.39 is 5.97 Å². The van der Waals surface area contributed by atoms with Crippen molar-refractivity contribution in [2.24, 2.45) is 0 Å². The Kier molecular flexibility index (Phi) is 2.74. The van der Waals surface area contributed by atoms with Crippen LogP contribution in [0.3, 0.4) is 0 Å². The molecule has 5 nitrogen and oxygen atoms in total. The van der Waals surface area contributed by atoms with Crippen LogP contribution in [0.15, 0.2) is 42.6 Å². The number of rotatable bonds is 3. The van der Waals surface area contributed by atoms with Crippen LogP contribution >= 0.6 is 11.6 Å². The molecule has 2 aromatic heterocycles. The fourth-order valence-electron chi connectivity index (χ4n) is 2.94. The summed E-state index contributed by atoms with van der Waals surface area (Å²) in [4.78, 5) is 11.3. The van der Waals surface area contributed by atoms with E-state index in [1.54, 1.807) is 10.5 Å². The van der Waals surface area contributed by atoms with Gasteiger partial charge in [0.05, 0.1) is 5.41 Å². The van der Waals surface area contributed by atoms with Crippen molar-refractivity contribution in [3.05, 3.63) is 64.6 Å². The molecule has 22 heavy (non-hydrogen) atoms. The van der Waals surface area contributed by atoms with Gasteiger partial charge in [0.15, 0.2) is 5.65 Å². The van der Waals surface area contributed by atoms with Crippen LogP contribution in [0.1, 0.15) is 34.6 Å². The molecule has 2 heterocycles. The highest BCUT2D eigenvalue weighted by Gasteiger charge is 2.49. The second-order valence-electron chi connectivity index (χ2n) is 5.53. The average Bonchev–Trinajstić information content (AvgIpc) is 3.20. The molecule has 1 N–H and O–H groups in total. The fraction of sp³-hybridized carbons (Fsp3) is 0.188. The van der Waals surface area contributed by atoms with Gasteiger partial charge < -0.3 is 5.11 Å². The minimum Gasteiger partial charge on any atom is -0.478 e. The lowest BCUT2D eigenvalue weighted by Crippen LogP contribution is -2.13. The first-order valence-corrected chi connectivity index (χ1v) is 7.33. The highest BCUT2D eigenvalue weighted by Crippen LogP contribution is 2.52. The van der Waals surface area contributed by atoms with E-state index >= 15 is 0 Å². The predicted molar refractivity (Wildman–Crippen MR) is 81.4 cm³/mol. The molecule has 0 amide bonds.